The van der Waals surface area contributed by atoms with E-state index in [2.05, 4.69) is 45.8 Å². The van der Waals surface area contributed by atoms with Crippen LogP contribution in [0.2, 0.25) is 0 Å². The number of carbonyl (C=O) groups is 1. The molecule has 1 aromatic carbocycles. The molecule has 0 spiro atoms. The first kappa shape index (κ1) is 20.9. The Bertz CT molecular complexity index is 799. The van der Waals surface area contributed by atoms with Crippen LogP contribution in [0.1, 0.15) is 31.9 Å². The van der Waals surface area contributed by atoms with E-state index in [-0.39, 0.29) is 12.1 Å². The van der Waals surface area contributed by atoms with Crippen molar-refractivity contribution < 1.29 is 4.79 Å². The number of nitrogens with one attached hydrogen (secondary N) is 3. The van der Waals surface area contributed by atoms with Crippen molar-refractivity contribution in [1.82, 2.24) is 20.4 Å². The van der Waals surface area contributed by atoms with E-state index < -0.39 is 0 Å². The Morgan fingerprint density at radius 1 is 1.41 bits per heavy atom. The number of nitriles is 1. The number of hydrogen-bond acceptors (Lipinski definition) is 4. The Hall–Kier alpha value is -2.79. The van der Waals surface area contributed by atoms with Crippen LogP contribution >= 0.6 is 0 Å². The summed E-state index contributed by atoms with van der Waals surface area (Å²) in [6.07, 6.45) is 2.90. The Morgan fingerprint density at radius 2 is 2.24 bits per heavy atom. The van der Waals surface area contributed by atoms with Gasteiger partial charge in [-0.1, -0.05) is 26.0 Å². The number of amides is 2. The quantitative estimate of drug-likeness (QED) is 0.412. The lowest BCUT2D eigenvalue weighted by molar-refractivity contribution is 0.114. The molecule has 2 heterocycles. The second kappa shape index (κ2) is 9.61. The summed E-state index contributed by atoms with van der Waals surface area (Å²) in [6, 6.07) is 6.26. The number of anilines is 1. The Balaban J connectivity index is 1.83. The van der Waals surface area contributed by atoms with E-state index in [1.165, 1.54) is 11.1 Å². The molecular weight excluding hydrogens is 366 g/mol. The normalized spacial score (nSPS) is 19.6. The lowest BCUT2D eigenvalue weighted by Crippen LogP contribution is -2.60. The van der Waals surface area contributed by atoms with Crippen LogP contribution < -0.4 is 16.0 Å². The van der Waals surface area contributed by atoms with Crippen LogP contribution in [0.25, 0.3) is 0 Å². The van der Waals surface area contributed by atoms with Gasteiger partial charge in [0.1, 0.15) is 0 Å². The summed E-state index contributed by atoms with van der Waals surface area (Å²) in [4.78, 5) is 20.4. The van der Waals surface area contributed by atoms with E-state index in [4.69, 9.17) is 0 Å². The fraction of sp³-hybridized carbons (Fsp3) is 0.571. The van der Waals surface area contributed by atoms with Crippen LogP contribution in [0.5, 0.6) is 0 Å². The van der Waals surface area contributed by atoms with Crippen molar-refractivity contribution in [1.29, 1.82) is 5.26 Å². The molecule has 1 aromatic rings. The van der Waals surface area contributed by atoms with Crippen LogP contribution in [0.15, 0.2) is 23.2 Å². The van der Waals surface area contributed by atoms with Gasteiger partial charge in [0.15, 0.2) is 0 Å². The van der Waals surface area contributed by atoms with E-state index in [0.717, 1.165) is 25.2 Å². The predicted octanol–water partition coefficient (Wildman–Crippen LogP) is 1.95. The molecule has 1 atom stereocenters. The van der Waals surface area contributed by atoms with Crippen molar-refractivity contribution in [3.8, 4) is 6.19 Å². The molecule has 1 fully saturated rings. The summed E-state index contributed by atoms with van der Waals surface area (Å²) in [6.45, 7) is 10.4. The SMILES string of the molecule is CCNC(=O)N1CCN(/C(=N\C#N)Nc2cccc3c2CCNC3)C(C(C)C)C1. The lowest BCUT2D eigenvalue weighted by Gasteiger charge is -2.44. The molecular formula is C21H31N7O. The molecule has 1 saturated heterocycles. The zero-order valence-corrected chi connectivity index (χ0v) is 17.5. The number of benzene rings is 1. The first-order chi connectivity index (χ1) is 14.0. The molecule has 3 rings (SSSR count). The van der Waals surface area contributed by atoms with Crippen molar-refractivity contribution in [3.05, 3.63) is 29.3 Å². The minimum absolute atomic E-state index is 0.0332. The van der Waals surface area contributed by atoms with Crippen LogP contribution in [0, 0.1) is 17.4 Å². The van der Waals surface area contributed by atoms with Gasteiger partial charge < -0.3 is 25.8 Å². The molecule has 2 amide bonds. The number of urea groups is 1. The fourth-order valence-electron chi connectivity index (χ4n) is 4.07. The van der Waals surface area contributed by atoms with E-state index >= 15 is 0 Å². The third-order valence-electron chi connectivity index (χ3n) is 5.62. The lowest BCUT2D eigenvalue weighted by atomic mass is 9.98. The maximum atomic E-state index is 12.3. The Morgan fingerprint density at radius 3 is 2.97 bits per heavy atom. The first-order valence-corrected chi connectivity index (χ1v) is 10.4. The molecule has 0 aliphatic carbocycles. The highest BCUT2D eigenvalue weighted by Gasteiger charge is 2.33. The standard InChI is InChI=1S/C21H31N7O/c1-4-24-21(29)27-10-11-28(19(13-27)15(2)3)20(25-14-22)26-18-7-5-6-16-12-23-9-8-17(16)18/h5-7,15,19,23H,4,8-13H2,1-3H3,(H,24,29)(H,25,26). The second-order valence-corrected chi connectivity index (χ2v) is 7.82. The van der Waals surface area contributed by atoms with Gasteiger partial charge in [-0.15, -0.1) is 4.99 Å². The zero-order chi connectivity index (χ0) is 20.8. The number of carbonyl (C=O) groups excluding carboxylic acids is 1. The summed E-state index contributed by atoms with van der Waals surface area (Å²) in [5, 5.41) is 19.0. The largest absolute Gasteiger partial charge is 0.338 e. The Labute approximate surface area is 173 Å². The third-order valence-corrected chi connectivity index (χ3v) is 5.62. The van der Waals surface area contributed by atoms with Crippen LogP contribution in [0.4, 0.5) is 10.5 Å². The van der Waals surface area contributed by atoms with Gasteiger partial charge in [0.25, 0.3) is 0 Å². The van der Waals surface area contributed by atoms with Crippen molar-refractivity contribution >= 4 is 17.7 Å². The maximum Gasteiger partial charge on any atom is 0.317 e. The van der Waals surface area contributed by atoms with Crippen LogP contribution in [-0.2, 0) is 13.0 Å². The minimum atomic E-state index is -0.0332. The molecule has 29 heavy (non-hydrogen) atoms. The van der Waals surface area contributed by atoms with Gasteiger partial charge >= 0.3 is 6.03 Å². The topological polar surface area (TPSA) is 95.8 Å². The number of hydrogen-bond donors (Lipinski definition) is 3. The summed E-state index contributed by atoms with van der Waals surface area (Å²) in [7, 11) is 0. The highest BCUT2D eigenvalue weighted by atomic mass is 16.2. The molecule has 8 heteroatoms. The van der Waals surface area contributed by atoms with Crippen LogP contribution in [-0.4, -0.2) is 60.6 Å². The van der Waals surface area contributed by atoms with Gasteiger partial charge in [-0.25, -0.2) is 4.79 Å². The molecule has 8 nitrogen and oxygen atoms in total. The van der Waals surface area contributed by atoms with Crippen molar-refractivity contribution in [2.45, 2.75) is 39.8 Å². The molecule has 0 bridgehead atoms. The smallest absolute Gasteiger partial charge is 0.317 e. The molecule has 0 saturated carbocycles. The number of rotatable bonds is 3. The first-order valence-electron chi connectivity index (χ1n) is 10.4. The average molecular weight is 398 g/mol. The molecule has 2 aliphatic heterocycles. The van der Waals surface area contributed by atoms with Crippen molar-refractivity contribution in [3.63, 3.8) is 0 Å². The van der Waals surface area contributed by atoms with Gasteiger partial charge in [0, 0.05) is 38.4 Å². The van der Waals surface area contributed by atoms with Gasteiger partial charge in [-0.05, 0) is 43.0 Å². The van der Waals surface area contributed by atoms with E-state index in [9.17, 15) is 10.1 Å². The van der Waals surface area contributed by atoms with Crippen molar-refractivity contribution in [2.24, 2.45) is 10.9 Å². The van der Waals surface area contributed by atoms with Crippen molar-refractivity contribution in [2.75, 3.05) is 38.0 Å². The highest BCUT2D eigenvalue weighted by molar-refractivity contribution is 5.95. The monoisotopic (exact) mass is 397 g/mol. The van der Waals surface area contributed by atoms with E-state index in [0.29, 0.717) is 38.1 Å². The minimum Gasteiger partial charge on any atom is -0.338 e. The number of fused-ring (bicyclic) bond motifs is 1. The molecule has 2 aliphatic rings. The number of nitrogens with zero attached hydrogens (tertiary/aromatic N) is 4. The number of aliphatic imine (C=N–C) groups is 1. The predicted molar refractivity (Wildman–Crippen MR) is 115 cm³/mol. The summed E-state index contributed by atoms with van der Waals surface area (Å²) < 4.78 is 0. The number of guanidine groups is 1. The summed E-state index contributed by atoms with van der Waals surface area (Å²) in [5.41, 5.74) is 3.56. The van der Waals surface area contributed by atoms with Gasteiger partial charge in [0.2, 0.25) is 12.2 Å². The number of piperazine rings is 1. The molecule has 156 valence electrons. The maximum absolute atomic E-state index is 12.3. The van der Waals surface area contributed by atoms with Crippen LogP contribution in [0.3, 0.4) is 0 Å². The molecule has 1 unspecified atom stereocenters. The Kier molecular flexibility index (Phi) is 6.94. The van der Waals surface area contributed by atoms with E-state index in [1.54, 1.807) is 0 Å². The average Bonchev–Trinajstić information content (AvgIpc) is 2.73. The fourth-order valence-corrected chi connectivity index (χ4v) is 4.07. The third kappa shape index (κ3) is 4.80. The van der Waals surface area contributed by atoms with Gasteiger partial charge in [0.05, 0.1) is 6.04 Å². The second-order valence-electron chi connectivity index (χ2n) is 7.82. The zero-order valence-electron chi connectivity index (χ0n) is 17.5. The summed E-state index contributed by atoms with van der Waals surface area (Å²) in [5.74, 6) is 0.862. The molecule has 3 N–H and O–H groups in total. The highest BCUT2D eigenvalue weighted by Crippen LogP contribution is 2.25. The van der Waals surface area contributed by atoms with Gasteiger partial charge in [-0.2, -0.15) is 5.26 Å². The van der Waals surface area contributed by atoms with E-state index in [1.807, 2.05) is 30.1 Å². The van der Waals surface area contributed by atoms with Gasteiger partial charge in [-0.3, -0.25) is 0 Å². The molecule has 0 aromatic heterocycles. The molecule has 0 radical (unpaired) electrons. The summed E-state index contributed by atoms with van der Waals surface area (Å²) >= 11 is 0.